The quantitative estimate of drug-likeness (QED) is 0.750. The van der Waals surface area contributed by atoms with Gasteiger partial charge in [-0.2, -0.15) is 5.10 Å². The van der Waals surface area contributed by atoms with Crippen LogP contribution in [0.3, 0.4) is 0 Å². The Morgan fingerprint density at radius 1 is 1.15 bits per heavy atom. The second kappa shape index (κ2) is 6.72. The molecule has 0 unspecified atom stereocenters. The molecule has 1 aliphatic heterocycles. The van der Waals surface area contributed by atoms with Gasteiger partial charge < -0.3 is 10.6 Å². The first kappa shape index (κ1) is 17.0. The molecule has 6 nitrogen and oxygen atoms in total. The molecule has 27 heavy (non-hydrogen) atoms. The molecule has 2 heterocycles. The fourth-order valence-electron chi connectivity index (χ4n) is 3.48. The summed E-state index contributed by atoms with van der Waals surface area (Å²) in [7, 11) is 0. The van der Waals surface area contributed by atoms with Gasteiger partial charge in [-0.3, -0.25) is 9.59 Å². The Labute approximate surface area is 157 Å². The number of amides is 2. The Morgan fingerprint density at radius 2 is 1.96 bits per heavy atom. The van der Waals surface area contributed by atoms with Crippen LogP contribution in [0.4, 0.5) is 11.4 Å². The van der Waals surface area contributed by atoms with Gasteiger partial charge in [-0.15, -0.1) is 0 Å². The smallest absolute Gasteiger partial charge is 0.232 e. The topological polar surface area (TPSA) is 76.0 Å². The van der Waals surface area contributed by atoms with E-state index in [4.69, 9.17) is 0 Å². The molecule has 0 saturated carbocycles. The number of para-hydroxylation sites is 1. The van der Waals surface area contributed by atoms with E-state index in [2.05, 4.69) is 15.7 Å². The van der Waals surface area contributed by atoms with Crippen LogP contribution in [0.15, 0.2) is 54.6 Å². The van der Waals surface area contributed by atoms with Crippen LogP contribution in [-0.2, 0) is 9.59 Å². The predicted molar refractivity (Wildman–Crippen MR) is 104 cm³/mol. The van der Waals surface area contributed by atoms with E-state index in [0.29, 0.717) is 11.4 Å². The summed E-state index contributed by atoms with van der Waals surface area (Å²) in [5, 5.41) is 10.2. The van der Waals surface area contributed by atoms with Crippen LogP contribution >= 0.6 is 0 Å². The number of carbonyl (C=O) groups is 2. The largest absolute Gasteiger partial charge is 0.326 e. The minimum Gasteiger partial charge on any atom is -0.326 e. The van der Waals surface area contributed by atoms with Crippen molar-refractivity contribution in [1.82, 2.24) is 9.78 Å². The van der Waals surface area contributed by atoms with Crippen molar-refractivity contribution >= 4 is 23.2 Å². The molecule has 2 aromatic carbocycles. The molecule has 1 aromatic heterocycles. The summed E-state index contributed by atoms with van der Waals surface area (Å²) < 4.78 is 1.84. The summed E-state index contributed by atoms with van der Waals surface area (Å²) in [6, 6.07) is 17.0. The maximum atomic E-state index is 12.9. The molecular formula is C21H20N4O2. The van der Waals surface area contributed by atoms with Gasteiger partial charge in [-0.25, -0.2) is 4.68 Å². The number of nitrogens with zero attached hydrogens (tertiary/aromatic N) is 2. The Morgan fingerprint density at radius 3 is 2.74 bits per heavy atom. The number of hydrogen-bond acceptors (Lipinski definition) is 3. The van der Waals surface area contributed by atoms with Crippen molar-refractivity contribution in [2.75, 3.05) is 10.6 Å². The van der Waals surface area contributed by atoms with E-state index < -0.39 is 5.92 Å². The molecule has 0 bridgehead atoms. The number of anilines is 2. The molecule has 2 amide bonds. The molecular weight excluding hydrogens is 340 g/mol. The van der Waals surface area contributed by atoms with Crippen molar-refractivity contribution in [2.24, 2.45) is 0 Å². The highest BCUT2D eigenvalue weighted by molar-refractivity contribution is 6.05. The van der Waals surface area contributed by atoms with E-state index >= 15 is 0 Å². The van der Waals surface area contributed by atoms with E-state index in [0.717, 1.165) is 22.6 Å². The molecule has 136 valence electrons. The van der Waals surface area contributed by atoms with Crippen LogP contribution in [0.1, 0.15) is 29.3 Å². The van der Waals surface area contributed by atoms with Crippen molar-refractivity contribution in [3.05, 3.63) is 71.5 Å². The molecule has 1 aliphatic rings. The van der Waals surface area contributed by atoms with E-state index in [-0.39, 0.29) is 18.2 Å². The highest BCUT2D eigenvalue weighted by Crippen LogP contribution is 2.33. The number of aryl methyl sites for hydroxylation is 2. The molecule has 0 aliphatic carbocycles. The molecule has 1 atom stereocenters. The zero-order chi connectivity index (χ0) is 19.0. The average Bonchev–Trinajstić information content (AvgIpc) is 2.99. The van der Waals surface area contributed by atoms with Crippen LogP contribution in [0.25, 0.3) is 5.69 Å². The average molecular weight is 360 g/mol. The fourth-order valence-corrected chi connectivity index (χ4v) is 3.48. The zero-order valence-corrected chi connectivity index (χ0v) is 15.2. The third-order valence-corrected chi connectivity index (χ3v) is 4.68. The van der Waals surface area contributed by atoms with E-state index in [1.807, 2.05) is 73.1 Å². The SMILES string of the molecule is Cc1cc(C)n(-c2cccc(NC(=O)[C@@H]3CC(=O)Nc4ccccc43)c2)n1. The standard InChI is InChI=1S/C21H20N4O2/c1-13-10-14(2)25(24-13)16-7-5-6-15(11-16)22-21(27)18-12-20(26)23-19-9-4-3-8-17(18)19/h3-11,18H,12H2,1-2H3,(H,22,27)(H,23,26)/t18-/m1/s1. The summed E-state index contributed by atoms with van der Waals surface area (Å²) in [5.74, 6) is -0.847. The van der Waals surface area contributed by atoms with E-state index in [9.17, 15) is 9.59 Å². The number of aromatic nitrogens is 2. The van der Waals surface area contributed by atoms with Crippen LogP contribution in [0.5, 0.6) is 0 Å². The maximum absolute atomic E-state index is 12.9. The predicted octanol–water partition coefficient (Wildman–Crippen LogP) is 3.55. The number of fused-ring (bicyclic) bond motifs is 1. The van der Waals surface area contributed by atoms with Gasteiger partial charge in [0.05, 0.1) is 17.3 Å². The summed E-state index contributed by atoms with van der Waals surface area (Å²) in [6.07, 6.45) is 0.139. The van der Waals surface area contributed by atoms with Gasteiger partial charge in [0.2, 0.25) is 11.8 Å². The summed E-state index contributed by atoms with van der Waals surface area (Å²) in [4.78, 5) is 24.9. The Bertz CT molecular complexity index is 1040. The van der Waals surface area contributed by atoms with Crippen LogP contribution in [-0.4, -0.2) is 21.6 Å². The van der Waals surface area contributed by atoms with Gasteiger partial charge in [0, 0.05) is 23.5 Å². The van der Waals surface area contributed by atoms with E-state index in [1.54, 1.807) is 0 Å². The normalized spacial score (nSPS) is 15.8. The lowest BCUT2D eigenvalue weighted by molar-refractivity contribution is -0.123. The first-order chi connectivity index (χ1) is 13.0. The highest BCUT2D eigenvalue weighted by atomic mass is 16.2. The summed E-state index contributed by atoms with van der Waals surface area (Å²) >= 11 is 0. The summed E-state index contributed by atoms with van der Waals surface area (Å²) in [6.45, 7) is 3.93. The van der Waals surface area contributed by atoms with Crippen molar-refractivity contribution in [2.45, 2.75) is 26.2 Å². The lowest BCUT2D eigenvalue weighted by Gasteiger charge is -2.24. The Hall–Kier alpha value is -3.41. The van der Waals surface area contributed by atoms with Gasteiger partial charge in [0.25, 0.3) is 0 Å². The zero-order valence-electron chi connectivity index (χ0n) is 15.2. The third kappa shape index (κ3) is 3.33. The van der Waals surface area contributed by atoms with Crippen molar-refractivity contribution in [1.29, 1.82) is 0 Å². The highest BCUT2D eigenvalue weighted by Gasteiger charge is 2.30. The minimum absolute atomic E-state index is 0.139. The maximum Gasteiger partial charge on any atom is 0.232 e. The monoisotopic (exact) mass is 360 g/mol. The van der Waals surface area contributed by atoms with Gasteiger partial charge in [-0.05, 0) is 49.7 Å². The minimum atomic E-state index is -0.507. The van der Waals surface area contributed by atoms with Crippen LogP contribution < -0.4 is 10.6 Å². The Balaban J connectivity index is 1.60. The first-order valence-corrected chi connectivity index (χ1v) is 8.84. The second-order valence-corrected chi connectivity index (χ2v) is 6.77. The third-order valence-electron chi connectivity index (χ3n) is 4.68. The van der Waals surface area contributed by atoms with Crippen LogP contribution in [0.2, 0.25) is 0 Å². The van der Waals surface area contributed by atoms with Gasteiger partial charge in [0.15, 0.2) is 0 Å². The summed E-state index contributed by atoms with van der Waals surface area (Å²) in [5.41, 5.74) is 5.05. The number of carbonyl (C=O) groups excluding carboxylic acids is 2. The number of benzene rings is 2. The molecule has 4 rings (SSSR count). The van der Waals surface area contributed by atoms with Crippen molar-refractivity contribution in [3.8, 4) is 5.69 Å². The Kier molecular flexibility index (Phi) is 4.24. The number of rotatable bonds is 3. The van der Waals surface area contributed by atoms with E-state index in [1.165, 1.54) is 0 Å². The second-order valence-electron chi connectivity index (χ2n) is 6.77. The van der Waals surface area contributed by atoms with Gasteiger partial charge >= 0.3 is 0 Å². The van der Waals surface area contributed by atoms with Crippen LogP contribution in [0, 0.1) is 13.8 Å². The van der Waals surface area contributed by atoms with Crippen molar-refractivity contribution < 1.29 is 9.59 Å². The molecule has 0 saturated heterocycles. The molecule has 6 heteroatoms. The molecule has 0 radical (unpaired) electrons. The van der Waals surface area contributed by atoms with Gasteiger partial charge in [0.1, 0.15) is 0 Å². The number of hydrogen-bond donors (Lipinski definition) is 2. The fraction of sp³-hybridized carbons (Fsp3) is 0.190. The molecule has 3 aromatic rings. The first-order valence-electron chi connectivity index (χ1n) is 8.84. The van der Waals surface area contributed by atoms with Crippen molar-refractivity contribution in [3.63, 3.8) is 0 Å². The molecule has 0 fully saturated rings. The molecule has 2 N–H and O–H groups in total. The lowest BCUT2D eigenvalue weighted by Crippen LogP contribution is -2.30. The lowest BCUT2D eigenvalue weighted by atomic mass is 9.90. The van der Waals surface area contributed by atoms with Gasteiger partial charge in [-0.1, -0.05) is 24.3 Å². The number of nitrogens with one attached hydrogen (secondary N) is 2. The molecule has 0 spiro atoms.